The lowest BCUT2D eigenvalue weighted by molar-refractivity contribution is 0.0729. The maximum absolute atomic E-state index is 13.0. The van der Waals surface area contributed by atoms with Gasteiger partial charge in [0, 0.05) is 35.9 Å². The molecule has 140 valence electrons. The molecule has 5 rings (SSSR count). The van der Waals surface area contributed by atoms with Gasteiger partial charge in [-0.15, -0.1) is 11.3 Å². The number of aromatic nitrogens is 2. The highest BCUT2D eigenvalue weighted by Gasteiger charge is 2.24. The smallest absolute Gasteiger partial charge is 0.273 e. The summed E-state index contributed by atoms with van der Waals surface area (Å²) in [6.45, 7) is 4.42. The van der Waals surface area contributed by atoms with E-state index < -0.39 is 0 Å². The molecule has 0 saturated heterocycles. The Morgan fingerprint density at radius 1 is 1.11 bits per heavy atom. The van der Waals surface area contributed by atoms with Crippen LogP contribution in [0, 0.1) is 0 Å². The highest BCUT2D eigenvalue weighted by molar-refractivity contribution is 7.13. The van der Waals surface area contributed by atoms with Crippen molar-refractivity contribution in [2.75, 3.05) is 6.54 Å². The molecular formula is C23H21N3OS. The van der Waals surface area contributed by atoms with Gasteiger partial charge in [0.1, 0.15) is 10.7 Å². The summed E-state index contributed by atoms with van der Waals surface area (Å²) in [5.41, 5.74) is 5.42. The van der Waals surface area contributed by atoms with E-state index in [1.807, 2.05) is 16.3 Å². The van der Waals surface area contributed by atoms with Crippen LogP contribution in [0.4, 0.5) is 0 Å². The van der Waals surface area contributed by atoms with Crippen LogP contribution < -0.4 is 0 Å². The van der Waals surface area contributed by atoms with Gasteiger partial charge in [-0.1, -0.05) is 42.5 Å². The summed E-state index contributed by atoms with van der Waals surface area (Å²) in [7, 11) is 0. The van der Waals surface area contributed by atoms with E-state index in [1.165, 1.54) is 22.0 Å². The number of carbonyl (C=O) groups is 1. The first-order valence-electron chi connectivity index (χ1n) is 9.65. The number of fused-ring (bicyclic) bond motifs is 2. The SMILES string of the molecule is CCn1c(-c2nc(C(=O)N3CCc4ccccc4C3)cs2)cc2ccccc21. The van der Waals surface area contributed by atoms with Crippen LogP contribution >= 0.6 is 11.3 Å². The molecule has 4 aromatic rings. The third-order valence-corrected chi connectivity index (χ3v) is 6.35. The first kappa shape index (κ1) is 17.2. The normalized spacial score (nSPS) is 13.7. The average molecular weight is 388 g/mol. The third kappa shape index (κ3) is 2.83. The molecule has 1 aliphatic heterocycles. The first-order valence-corrected chi connectivity index (χ1v) is 10.5. The molecular weight excluding hydrogens is 366 g/mol. The largest absolute Gasteiger partial charge is 0.339 e. The van der Waals surface area contributed by atoms with Gasteiger partial charge in [0.05, 0.1) is 5.69 Å². The van der Waals surface area contributed by atoms with E-state index in [1.54, 1.807) is 11.3 Å². The number of hydrogen-bond donors (Lipinski definition) is 0. The van der Waals surface area contributed by atoms with E-state index in [-0.39, 0.29) is 5.91 Å². The Hall–Kier alpha value is -2.92. The number of rotatable bonds is 3. The zero-order valence-corrected chi connectivity index (χ0v) is 16.6. The number of benzene rings is 2. The fourth-order valence-corrected chi connectivity index (χ4v) is 4.87. The summed E-state index contributed by atoms with van der Waals surface area (Å²) in [6, 6.07) is 18.9. The van der Waals surface area contributed by atoms with Gasteiger partial charge in [-0.25, -0.2) is 4.98 Å². The molecule has 28 heavy (non-hydrogen) atoms. The predicted molar refractivity (Wildman–Crippen MR) is 114 cm³/mol. The zero-order chi connectivity index (χ0) is 19.1. The number of hydrogen-bond acceptors (Lipinski definition) is 3. The minimum absolute atomic E-state index is 0.0242. The maximum Gasteiger partial charge on any atom is 0.273 e. The van der Waals surface area contributed by atoms with E-state index in [0.29, 0.717) is 12.2 Å². The van der Waals surface area contributed by atoms with Crippen molar-refractivity contribution < 1.29 is 4.79 Å². The second kappa shape index (κ2) is 6.91. The highest BCUT2D eigenvalue weighted by Crippen LogP contribution is 2.31. The van der Waals surface area contributed by atoms with Crippen LogP contribution in [0.2, 0.25) is 0 Å². The van der Waals surface area contributed by atoms with E-state index in [9.17, 15) is 4.79 Å². The molecule has 0 aliphatic carbocycles. The fraction of sp³-hybridized carbons (Fsp3) is 0.217. The molecule has 0 radical (unpaired) electrons. The van der Waals surface area contributed by atoms with Crippen molar-refractivity contribution >= 4 is 28.1 Å². The number of thiazole rings is 1. The van der Waals surface area contributed by atoms with Crippen LogP contribution in [-0.2, 0) is 19.5 Å². The van der Waals surface area contributed by atoms with Crippen LogP contribution in [0.15, 0.2) is 60.0 Å². The van der Waals surface area contributed by atoms with Crippen LogP contribution in [0.1, 0.15) is 28.5 Å². The van der Waals surface area contributed by atoms with Gasteiger partial charge >= 0.3 is 0 Å². The molecule has 0 spiro atoms. The molecule has 2 aromatic carbocycles. The second-order valence-electron chi connectivity index (χ2n) is 7.12. The molecule has 4 nitrogen and oxygen atoms in total. The van der Waals surface area contributed by atoms with E-state index in [0.717, 1.165) is 30.2 Å². The van der Waals surface area contributed by atoms with Gasteiger partial charge in [0.25, 0.3) is 5.91 Å². The van der Waals surface area contributed by atoms with Crippen LogP contribution in [0.5, 0.6) is 0 Å². The van der Waals surface area contributed by atoms with Gasteiger partial charge in [-0.2, -0.15) is 0 Å². The second-order valence-corrected chi connectivity index (χ2v) is 7.97. The Balaban J connectivity index is 1.45. The average Bonchev–Trinajstić information content (AvgIpc) is 3.37. The van der Waals surface area contributed by atoms with E-state index >= 15 is 0 Å². The van der Waals surface area contributed by atoms with Crippen molar-refractivity contribution in [3.63, 3.8) is 0 Å². The highest BCUT2D eigenvalue weighted by atomic mass is 32.1. The Kier molecular flexibility index (Phi) is 4.24. The lowest BCUT2D eigenvalue weighted by Crippen LogP contribution is -2.36. The summed E-state index contributed by atoms with van der Waals surface area (Å²) < 4.78 is 2.26. The van der Waals surface area contributed by atoms with Crippen LogP contribution in [0.25, 0.3) is 21.6 Å². The van der Waals surface area contributed by atoms with E-state index in [4.69, 9.17) is 4.98 Å². The standard InChI is InChI=1S/C23H21N3OS/c1-2-26-20-10-6-5-8-17(20)13-21(26)22-24-19(15-28-22)23(27)25-12-11-16-7-3-4-9-18(16)14-25/h3-10,13,15H,2,11-12,14H2,1H3. The summed E-state index contributed by atoms with van der Waals surface area (Å²) in [5, 5.41) is 4.00. The number of carbonyl (C=O) groups excluding carboxylic acids is 1. The molecule has 3 heterocycles. The quantitative estimate of drug-likeness (QED) is 0.497. The number of aryl methyl sites for hydroxylation is 1. The van der Waals surface area contributed by atoms with Crippen LogP contribution in [0.3, 0.4) is 0 Å². The summed E-state index contributed by atoms with van der Waals surface area (Å²) in [4.78, 5) is 19.7. The summed E-state index contributed by atoms with van der Waals surface area (Å²) in [5.74, 6) is 0.0242. The summed E-state index contributed by atoms with van der Waals surface area (Å²) in [6.07, 6.45) is 0.906. The van der Waals surface area contributed by atoms with Crippen molar-refractivity contribution in [1.29, 1.82) is 0 Å². The molecule has 0 atom stereocenters. The minimum Gasteiger partial charge on any atom is -0.339 e. The minimum atomic E-state index is 0.0242. The molecule has 1 aliphatic rings. The lowest BCUT2D eigenvalue weighted by atomic mass is 10.00. The number of nitrogens with zero attached hydrogens (tertiary/aromatic N) is 3. The Morgan fingerprint density at radius 3 is 2.75 bits per heavy atom. The molecule has 0 unspecified atom stereocenters. The van der Waals surface area contributed by atoms with Gasteiger partial charge in [0.15, 0.2) is 0 Å². The maximum atomic E-state index is 13.0. The van der Waals surface area contributed by atoms with Gasteiger partial charge in [-0.05, 0) is 36.6 Å². The Bertz CT molecular complexity index is 1170. The van der Waals surface area contributed by atoms with Gasteiger partial charge < -0.3 is 9.47 Å². The van der Waals surface area contributed by atoms with Crippen molar-refractivity contribution in [3.05, 3.63) is 76.8 Å². The fourth-order valence-electron chi connectivity index (χ4n) is 4.05. The van der Waals surface area contributed by atoms with Crippen molar-refractivity contribution in [1.82, 2.24) is 14.5 Å². The Labute approximate surface area is 168 Å². The van der Waals surface area contributed by atoms with Crippen molar-refractivity contribution in [3.8, 4) is 10.7 Å². The van der Waals surface area contributed by atoms with Crippen LogP contribution in [-0.4, -0.2) is 26.9 Å². The van der Waals surface area contributed by atoms with Crippen molar-refractivity contribution in [2.45, 2.75) is 26.4 Å². The molecule has 0 bridgehead atoms. The molecule has 0 saturated carbocycles. The molecule has 0 fully saturated rings. The first-order chi connectivity index (χ1) is 13.7. The molecule has 1 amide bonds. The number of amides is 1. The monoisotopic (exact) mass is 387 g/mol. The third-order valence-electron chi connectivity index (χ3n) is 5.49. The Morgan fingerprint density at radius 2 is 1.89 bits per heavy atom. The van der Waals surface area contributed by atoms with Gasteiger partial charge in [0.2, 0.25) is 0 Å². The molecule has 5 heteroatoms. The lowest BCUT2D eigenvalue weighted by Gasteiger charge is -2.28. The van der Waals surface area contributed by atoms with E-state index in [2.05, 4.69) is 60.0 Å². The molecule has 0 N–H and O–H groups in total. The van der Waals surface area contributed by atoms with Crippen molar-refractivity contribution in [2.24, 2.45) is 0 Å². The summed E-state index contributed by atoms with van der Waals surface area (Å²) >= 11 is 1.55. The predicted octanol–water partition coefficient (Wildman–Crippen LogP) is 4.98. The molecule has 2 aromatic heterocycles. The van der Waals surface area contributed by atoms with Gasteiger partial charge in [-0.3, -0.25) is 4.79 Å². The topological polar surface area (TPSA) is 38.1 Å². The zero-order valence-electron chi connectivity index (χ0n) is 15.8. The number of para-hydroxylation sites is 1.